The normalized spacial score (nSPS) is 29.6. The average Bonchev–Trinajstić information content (AvgIpc) is 3.06. The van der Waals surface area contributed by atoms with Crippen LogP contribution in [-0.4, -0.2) is 55.2 Å². The van der Waals surface area contributed by atoms with Crippen molar-refractivity contribution in [1.29, 1.82) is 0 Å². The van der Waals surface area contributed by atoms with E-state index in [9.17, 15) is 0 Å². The van der Waals surface area contributed by atoms with E-state index in [1.54, 1.807) is 0 Å². The highest BCUT2D eigenvalue weighted by Crippen LogP contribution is 2.43. The summed E-state index contributed by atoms with van der Waals surface area (Å²) in [5.74, 6) is 3.96. The Morgan fingerprint density at radius 3 is 2.67 bits per heavy atom. The Morgan fingerprint density at radius 1 is 1.17 bits per heavy atom. The van der Waals surface area contributed by atoms with Crippen LogP contribution in [0.3, 0.4) is 0 Å². The van der Waals surface area contributed by atoms with Gasteiger partial charge in [-0.1, -0.05) is 19.1 Å². The summed E-state index contributed by atoms with van der Waals surface area (Å²) in [5, 5.41) is 9.02. The van der Waals surface area contributed by atoms with Gasteiger partial charge in [0.05, 0.1) is 24.4 Å². The molecule has 0 bridgehead atoms. The van der Waals surface area contributed by atoms with Crippen LogP contribution >= 0.6 is 0 Å². The molecular formula is C23H36N6O. The maximum atomic E-state index is 6.51. The first-order chi connectivity index (χ1) is 14.5. The molecule has 0 N–H and O–H groups in total. The molecule has 7 heteroatoms. The highest BCUT2D eigenvalue weighted by atomic mass is 16.5. The number of hydrogen-bond acceptors (Lipinski definition) is 5. The van der Waals surface area contributed by atoms with Gasteiger partial charge < -0.3 is 9.30 Å². The van der Waals surface area contributed by atoms with Crippen LogP contribution in [0.25, 0.3) is 0 Å². The van der Waals surface area contributed by atoms with Gasteiger partial charge in [0, 0.05) is 45.3 Å². The van der Waals surface area contributed by atoms with Crippen molar-refractivity contribution in [3.05, 3.63) is 30.1 Å². The zero-order chi connectivity index (χ0) is 20.7. The molecular weight excluding hydrogens is 376 g/mol. The van der Waals surface area contributed by atoms with Gasteiger partial charge in [-0.3, -0.25) is 4.90 Å². The SMILES string of the molecule is CC(C)Cc1cn([C@@H]2C[C@@H]3CN(Cc4nccn4C)C[C@@H]3C[C@H]2OCC2CC2)nn1. The van der Waals surface area contributed by atoms with Crippen LogP contribution in [0.15, 0.2) is 18.6 Å². The third-order valence-corrected chi connectivity index (χ3v) is 7.20. The smallest absolute Gasteiger partial charge is 0.122 e. The van der Waals surface area contributed by atoms with E-state index < -0.39 is 0 Å². The van der Waals surface area contributed by atoms with Crippen molar-refractivity contribution in [2.24, 2.45) is 30.7 Å². The molecule has 2 aromatic heterocycles. The van der Waals surface area contributed by atoms with Crippen LogP contribution in [-0.2, 0) is 24.8 Å². The maximum absolute atomic E-state index is 6.51. The van der Waals surface area contributed by atoms with Crippen LogP contribution in [0, 0.1) is 23.7 Å². The van der Waals surface area contributed by atoms with Gasteiger partial charge in [0.25, 0.3) is 0 Å². The summed E-state index contributed by atoms with van der Waals surface area (Å²) in [4.78, 5) is 7.12. The minimum atomic E-state index is 0.258. The zero-order valence-electron chi connectivity index (χ0n) is 18.7. The molecule has 3 fully saturated rings. The van der Waals surface area contributed by atoms with Gasteiger partial charge in [-0.05, 0) is 55.8 Å². The van der Waals surface area contributed by atoms with Crippen molar-refractivity contribution >= 4 is 0 Å². The molecule has 1 saturated heterocycles. The quantitative estimate of drug-likeness (QED) is 0.667. The summed E-state index contributed by atoms with van der Waals surface area (Å²) in [6, 6.07) is 0.312. The Kier molecular flexibility index (Phi) is 5.67. The minimum Gasteiger partial charge on any atom is -0.376 e. The number of aryl methyl sites for hydroxylation is 1. The Balaban J connectivity index is 1.29. The molecule has 0 spiro atoms. The predicted octanol–water partition coefficient (Wildman–Crippen LogP) is 3.09. The summed E-state index contributed by atoms with van der Waals surface area (Å²) < 4.78 is 10.8. The molecule has 4 atom stereocenters. The number of rotatable bonds is 8. The molecule has 2 saturated carbocycles. The molecule has 0 radical (unpaired) electrons. The summed E-state index contributed by atoms with van der Waals surface area (Å²) in [5.41, 5.74) is 1.11. The minimum absolute atomic E-state index is 0.258. The number of nitrogens with zero attached hydrogens (tertiary/aromatic N) is 6. The molecule has 0 aromatic carbocycles. The van der Waals surface area contributed by atoms with Gasteiger partial charge in [0.2, 0.25) is 0 Å². The second-order valence-electron chi connectivity index (χ2n) is 10.3. The summed E-state index contributed by atoms with van der Waals surface area (Å²) in [6.07, 6.45) is 12.3. The topological polar surface area (TPSA) is 61.0 Å². The third kappa shape index (κ3) is 4.47. The molecule has 3 heterocycles. The van der Waals surface area contributed by atoms with Gasteiger partial charge >= 0.3 is 0 Å². The summed E-state index contributed by atoms with van der Waals surface area (Å²) in [6.45, 7) is 8.64. The molecule has 0 amide bonds. The molecule has 0 unspecified atom stereocenters. The molecule has 2 aromatic rings. The van der Waals surface area contributed by atoms with E-state index >= 15 is 0 Å². The van der Waals surface area contributed by atoms with Gasteiger partial charge in [-0.2, -0.15) is 0 Å². The number of hydrogen-bond donors (Lipinski definition) is 0. The van der Waals surface area contributed by atoms with E-state index in [-0.39, 0.29) is 6.10 Å². The largest absolute Gasteiger partial charge is 0.376 e. The van der Waals surface area contributed by atoms with E-state index in [1.165, 1.54) is 12.8 Å². The lowest BCUT2D eigenvalue weighted by molar-refractivity contribution is -0.0375. The van der Waals surface area contributed by atoms with Crippen molar-refractivity contribution in [2.75, 3.05) is 19.7 Å². The Morgan fingerprint density at radius 2 is 1.97 bits per heavy atom. The molecule has 5 rings (SSSR count). The zero-order valence-corrected chi connectivity index (χ0v) is 18.7. The van der Waals surface area contributed by atoms with Crippen molar-refractivity contribution in [2.45, 2.75) is 64.6 Å². The van der Waals surface area contributed by atoms with E-state index in [0.717, 1.165) is 62.9 Å². The monoisotopic (exact) mass is 412 g/mol. The van der Waals surface area contributed by atoms with Crippen molar-refractivity contribution in [3.8, 4) is 0 Å². The lowest BCUT2D eigenvalue weighted by Gasteiger charge is -2.37. The molecule has 164 valence electrons. The second kappa shape index (κ2) is 8.42. The number of ether oxygens (including phenoxy) is 1. The average molecular weight is 413 g/mol. The molecule has 1 aliphatic heterocycles. The lowest BCUT2D eigenvalue weighted by atomic mass is 9.77. The van der Waals surface area contributed by atoms with Crippen molar-refractivity contribution < 1.29 is 4.74 Å². The van der Waals surface area contributed by atoms with E-state index in [1.807, 2.05) is 12.4 Å². The van der Waals surface area contributed by atoms with E-state index in [2.05, 4.69) is 56.5 Å². The van der Waals surface area contributed by atoms with Crippen LogP contribution in [0.4, 0.5) is 0 Å². The van der Waals surface area contributed by atoms with Gasteiger partial charge in [-0.25, -0.2) is 9.67 Å². The highest BCUT2D eigenvalue weighted by Gasteiger charge is 2.44. The first-order valence-corrected chi connectivity index (χ1v) is 11.8. The number of fused-ring (bicyclic) bond motifs is 1. The second-order valence-corrected chi connectivity index (χ2v) is 10.3. The maximum Gasteiger partial charge on any atom is 0.122 e. The molecule has 7 nitrogen and oxygen atoms in total. The standard InChI is InChI=1S/C23H36N6O/c1-16(2)8-20-13-29(26-25-20)21-9-18-11-28(14-23-24-6-7-27(23)3)12-19(18)10-22(21)30-15-17-4-5-17/h6-7,13,16-19,21-22H,4-5,8-12,14-15H2,1-3H3/t18-,19+,21-,22-/m1/s1. The Bertz CT molecular complexity index is 840. The van der Waals surface area contributed by atoms with Crippen LogP contribution in [0.1, 0.15) is 57.1 Å². The van der Waals surface area contributed by atoms with Gasteiger partial charge in [0.1, 0.15) is 5.82 Å². The Labute approximate surface area is 179 Å². The van der Waals surface area contributed by atoms with Crippen molar-refractivity contribution in [3.63, 3.8) is 0 Å². The molecule has 30 heavy (non-hydrogen) atoms. The Hall–Kier alpha value is -1.73. The summed E-state index contributed by atoms with van der Waals surface area (Å²) >= 11 is 0. The van der Waals surface area contributed by atoms with Gasteiger partial charge in [0.15, 0.2) is 0 Å². The first kappa shape index (κ1) is 20.2. The molecule has 2 aliphatic carbocycles. The van der Waals surface area contributed by atoms with E-state index in [0.29, 0.717) is 23.8 Å². The fourth-order valence-electron chi connectivity index (χ4n) is 5.35. The van der Waals surface area contributed by atoms with E-state index in [4.69, 9.17) is 4.74 Å². The number of aromatic nitrogens is 5. The van der Waals surface area contributed by atoms with Crippen LogP contribution in [0.2, 0.25) is 0 Å². The highest BCUT2D eigenvalue weighted by molar-refractivity contribution is 5.01. The van der Waals surface area contributed by atoms with Crippen LogP contribution in [0.5, 0.6) is 0 Å². The molecule has 3 aliphatic rings. The number of likely N-dealkylation sites (tertiary alicyclic amines) is 1. The number of imidazole rings is 1. The predicted molar refractivity (Wildman–Crippen MR) is 115 cm³/mol. The third-order valence-electron chi connectivity index (χ3n) is 7.20. The van der Waals surface area contributed by atoms with Gasteiger partial charge in [-0.15, -0.1) is 5.10 Å². The lowest BCUT2D eigenvalue weighted by Crippen LogP contribution is -2.38. The fourth-order valence-corrected chi connectivity index (χ4v) is 5.35. The first-order valence-electron chi connectivity index (χ1n) is 11.8. The van der Waals surface area contributed by atoms with Crippen molar-refractivity contribution in [1.82, 2.24) is 29.4 Å². The van der Waals surface area contributed by atoms with Crippen LogP contribution < -0.4 is 0 Å². The fraction of sp³-hybridized carbons (Fsp3) is 0.783. The summed E-state index contributed by atoms with van der Waals surface area (Å²) in [7, 11) is 2.09.